The first-order chi connectivity index (χ1) is 13.1. The van der Waals surface area contributed by atoms with Gasteiger partial charge in [0.15, 0.2) is 5.82 Å². The fraction of sp³-hybridized carbons (Fsp3) is 0.238. The molecule has 1 N–H and O–H groups in total. The van der Waals surface area contributed by atoms with Crippen LogP contribution in [0.4, 0.5) is 11.5 Å². The lowest BCUT2D eigenvalue weighted by atomic mass is 10.1. The van der Waals surface area contributed by atoms with Gasteiger partial charge < -0.3 is 19.5 Å². The summed E-state index contributed by atoms with van der Waals surface area (Å²) < 4.78 is 16.0. The molecule has 0 saturated heterocycles. The van der Waals surface area contributed by atoms with Gasteiger partial charge in [-0.25, -0.2) is 9.97 Å². The van der Waals surface area contributed by atoms with Crippen molar-refractivity contribution in [2.75, 3.05) is 26.6 Å². The molecule has 0 radical (unpaired) electrons. The average Bonchev–Trinajstić information content (AvgIpc) is 2.68. The van der Waals surface area contributed by atoms with Crippen molar-refractivity contribution in [1.82, 2.24) is 9.97 Å². The van der Waals surface area contributed by atoms with Crippen molar-refractivity contribution >= 4 is 11.5 Å². The fourth-order valence-corrected chi connectivity index (χ4v) is 2.75. The lowest BCUT2D eigenvalue weighted by molar-refractivity contribution is 0.181. The number of methoxy groups -OCH3 is 3. The summed E-state index contributed by atoms with van der Waals surface area (Å²) in [7, 11) is 4.90. The second-order valence-electron chi connectivity index (χ2n) is 6.06. The highest BCUT2D eigenvalue weighted by Gasteiger charge is 2.11. The summed E-state index contributed by atoms with van der Waals surface area (Å²) in [6.07, 6.45) is 0. The monoisotopic (exact) mass is 365 g/mol. The lowest BCUT2D eigenvalue weighted by Gasteiger charge is -2.14. The van der Waals surface area contributed by atoms with Crippen LogP contribution in [0.2, 0.25) is 0 Å². The van der Waals surface area contributed by atoms with E-state index >= 15 is 0 Å². The first kappa shape index (κ1) is 18.7. The maximum atomic E-state index is 5.44. The molecule has 2 aromatic carbocycles. The molecule has 0 aliphatic carbocycles. The van der Waals surface area contributed by atoms with Crippen LogP contribution in [0.3, 0.4) is 0 Å². The van der Waals surface area contributed by atoms with E-state index in [0.717, 1.165) is 28.3 Å². The highest BCUT2D eigenvalue weighted by atomic mass is 16.5. The van der Waals surface area contributed by atoms with E-state index in [1.807, 2.05) is 49.4 Å². The van der Waals surface area contributed by atoms with Crippen LogP contribution < -0.4 is 14.8 Å². The molecule has 3 rings (SSSR count). The Balaban J connectivity index is 2.02. The predicted molar refractivity (Wildman–Crippen MR) is 106 cm³/mol. The minimum atomic E-state index is 0.394. The molecule has 140 valence electrons. The third-order valence-corrected chi connectivity index (χ3v) is 4.02. The number of hydrogen-bond acceptors (Lipinski definition) is 6. The molecule has 27 heavy (non-hydrogen) atoms. The van der Waals surface area contributed by atoms with Gasteiger partial charge in [-0.2, -0.15) is 0 Å². The molecular weight excluding hydrogens is 342 g/mol. The van der Waals surface area contributed by atoms with Gasteiger partial charge in [0.25, 0.3) is 0 Å². The molecule has 0 fully saturated rings. The Bertz CT molecular complexity index is 928. The van der Waals surface area contributed by atoms with E-state index < -0.39 is 0 Å². The van der Waals surface area contributed by atoms with E-state index in [2.05, 4.69) is 21.4 Å². The summed E-state index contributed by atoms with van der Waals surface area (Å²) in [5.74, 6) is 2.71. The van der Waals surface area contributed by atoms with Crippen LogP contribution in [0, 0.1) is 6.92 Å². The van der Waals surface area contributed by atoms with Gasteiger partial charge in [0.2, 0.25) is 0 Å². The molecule has 1 heterocycles. The Labute approximate surface area is 159 Å². The Morgan fingerprint density at radius 3 is 2.48 bits per heavy atom. The number of rotatable bonds is 7. The Morgan fingerprint density at radius 1 is 0.926 bits per heavy atom. The number of aromatic nitrogens is 2. The van der Waals surface area contributed by atoms with Crippen LogP contribution in [0.5, 0.6) is 11.5 Å². The molecule has 3 aromatic rings. The molecular formula is C21H23N3O3. The number of hydrogen-bond donors (Lipinski definition) is 1. The molecule has 0 unspecified atom stereocenters. The maximum absolute atomic E-state index is 5.44. The van der Waals surface area contributed by atoms with Crippen molar-refractivity contribution < 1.29 is 14.2 Å². The summed E-state index contributed by atoms with van der Waals surface area (Å²) in [5.41, 5.74) is 3.65. The average molecular weight is 365 g/mol. The number of ether oxygens (including phenoxy) is 3. The van der Waals surface area contributed by atoms with Gasteiger partial charge in [0.05, 0.1) is 32.2 Å². The summed E-state index contributed by atoms with van der Waals surface area (Å²) in [5, 5.41) is 3.31. The molecule has 6 heteroatoms. The largest absolute Gasteiger partial charge is 0.497 e. The molecule has 0 aliphatic heterocycles. The van der Waals surface area contributed by atoms with Crippen LogP contribution in [0.15, 0.2) is 48.5 Å². The number of anilines is 2. The first-order valence-corrected chi connectivity index (χ1v) is 8.56. The zero-order valence-corrected chi connectivity index (χ0v) is 15.9. The molecule has 0 amide bonds. The number of nitrogens with zero attached hydrogens (tertiary/aromatic N) is 2. The SMILES string of the molecule is COCc1cc(Nc2cc(OC)ccc2OC)nc(-c2cccc(C)c2)n1. The van der Waals surface area contributed by atoms with Crippen molar-refractivity contribution in [2.24, 2.45) is 0 Å². The molecule has 0 atom stereocenters. The minimum Gasteiger partial charge on any atom is -0.497 e. The second-order valence-corrected chi connectivity index (χ2v) is 6.06. The van der Waals surface area contributed by atoms with Crippen LogP contribution >= 0.6 is 0 Å². The molecule has 1 aromatic heterocycles. The fourth-order valence-electron chi connectivity index (χ4n) is 2.75. The molecule has 6 nitrogen and oxygen atoms in total. The number of benzene rings is 2. The van der Waals surface area contributed by atoms with Crippen molar-refractivity contribution in [3.05, 3.63) is 59.8 Å². The van der Waals surface area contributed by atoms with Gasteiger partial charge in [0.1, 0.15) is 17.3 Å². The summed E-state index contributed by atoms with van der Waals surface area (Å²) in [6.45, 7) is 2.44. The highest BCUT2D eigenvalue weighted by Crippen LogP contribution is 2.31. The van der Waals surface area contributed by atoms with Gasteiger partial charge in [-0.3, -0.25) is 0 Å². The van der Waals surface area contributed by atoms with E-state index in [4.69, 9.17) is 14.2 Å². The predicted octanol–water partition coefficient (Wildman–Crippen LogP) is 4.36. The van der Waals surface area contributed by atoms with E-state index in [-0.39, 0.29) is 0 Å². The minimum absolute atomic E-state index is 0.394. The van der Waals surface area contributed by atoms with Crippen molar-refractivity contribution in [2.45, 2.75) is 13.5 Å². The van der Waals surface area contributed by atoms with Crippen LogP contribution in [0.1, 0.15) is 11.3 Å². The molecule has 0 saturated carbocycles. The van der Waals surface area contributed by atoms with E-state index in [9.17, 15) is 0 Å². The standard InChI is InChI=1S/C21H23N3O3/c1-14-6-5-7-15(10-14)21-22-16(13-25-2)11-20(24-21)23-18-12-17(26-3)8-9-19(18)27-4/h5-12H,13H2,1-4H3,(H,22,23,24). The lowest BCUT2D eigenvalue weighted by Crippen LogP contribution is -2.03. The summed E-state index contributed by atoms with van der Waals surface area (Å²) in [4.78, 5) is 9.30. The van der Waals surface area contributed by atoms with Crippen molar-refractivity contribution in [1.29, 1.82) is 0 Å². The van der Waals surface area contributed by atoms with E-state index in [0.29, 0.717) is 24.0 Å². The Hall–Kier alpha value is -3.12. The zero-order chi connectivity index (χ0) is 19.2. The van der Waals surface area contributed by atoms with Crippen LogP contribution in [-0.4, -0.2) is 31.3 Å². The van der Waals surface area contributed by atoms with Gasteiger partial charge in [-0.05, 0) is 25.1 Å². The second kappa shape index (κ2) is 8.51. The Morgan fingerprint density at radius 2 is 1.78 bits per heavy atom. The number of nitrogens with one attached hydrogen (secondary N) is 1. The van der Waals surface area contributed by atoms with Gasteiger partial charge in [0, 0.05) is 24.8 Å². The third kappa shape index (κ3) is 4.54. The molecule has 0 aliphatic rings. The quantitative estimate of drug-likeness (QED) is 0.671. The Kier molecular flexibility index (Phi) is 5.88. The third-order valence-electron chi connectivity index (χ3n) is 4.02. The van der Waals surface area contributed by atoms with Gasteiger partial charge in [-0.1, -0.05) is 23.8 Å². The van der Waals surface area contributed by atoms with Crippen molar-refractivity contribution in [3.63, 3.8) is 0 Å². The van der Waals surface area contributed by atoms with Crippen LogP contribution in [0.25, 0.3) is 11.4 Å². The molecule has 0 bridgehead atoms. The van der Waals surface area contributed by atoms with Gasteiger partial charge >= 0.3 is 0 Å². The van der Waals surface area contributed by atoms with Gasteiger partial charge in [-0.15, -0.1) is 0 Å². The normalized spacial score (nSPS) is 10.5. The van der Waals surface area contributed by atoms with Crippen LogP contribution in [-0.2, 0) is 11.3 Å². The summed E-state index contributed by atoms with van der Waals surface area (Å²) in [6, 6.07) is 15.5. The van der Waals surface area contributed by atoms with E-state index in [1.54, 1.807) is 21.3 Å². The smallest absolute Gasteiger partial charge is 0.161 e. The zero-order valence-electron chi connectivity index (χ0n) is 15.9. The first-order valence-electron chi connectivity index (χ1n) is 8.56. The van der Waals surface area contributed by atoms with E-state index in [1.165, 1.54) is 0 Å². The maximum Gasteiger partial charge on any atom is 0.161 e. The highest BCUT2D eigenvalue weighted by molar-refractivity contribution is 5.68. The topological polar surface area (TPSA) is 65.5 Å². The number of aryl methyl sites for hydroxylation is 1. The van der Waals surface area contributed by atoms with Crippen molar-refractivity contribution in [3.8, 4) is 22.9 Å². The molecule has 0 spiro atoms. The summed E-state index contributed by atoms with van der Waals surface area (Å²) >= 11 is 0.